The fourth-order valence-electron chi connectivity index (χ4n) is 0.459. The minimum atomic E-state index is 0.0354. The number of carbonyl (C=O) groups excluding carboxylic acids is 1. The Morgan fingerprint density at radius 2 is 2.22 bits per heavy atom. The van der Waals surface area contributed by atoms with Crippen LogP contribution in [0.15, 0.2) is 0 Å². The normalized spacial score (nSPS) is 9.78. The lowest BCUT2D eigenvalue weighted by atomic mass is 10.1. The molecule has 0 aromatic rings. The van der Waals surface area contributed by atoms with Gasteiger partial charge in [0.2, 0.25) is 0 Å². The van der Waals surface area contributed by atoms with Crippen molar-refractivity contribution in [2.24, 2.45) is 5.92 Å². The number of hydrogen-bond acceptors (Lipinski definition) is 1. The third-order valence-corrected chi connectivity index (χ3v) is 1.37. The summed E-state index contributed by atoms with van der Waals surface area (Å²) in [4.78, 5) is 10.3. The van der Waals surface area contributed by atoms with Crippen LogP contribution in [-0.4, -0.2) is 10.5 Å². The van der Waals surface area contributed by atoms with Crippen LogP contribution in [-0.2, 0) is 0 Å². The molecule has 0 rings (SSSR count). The van der Waals surface area contributed by atoms with E-state index in [1.807, 2.05) is 0 Å². The number of rotatable bonds is 3. The molecule has 0 saturated heterocycles. The molecule has 0 aromatic heterocycles. The highest BCUT2D eigenvalue weighted by atomic mass is 127. The average molecular weight is 241 g/mol. The van der Waals surface area contributed by atoms with E-state index >= 15 is 0 Å². The maximum absolute atomic E-state index is 10.3. The van der Waals surface area contributed by atoms with Crippen molar-refractivity contribution in [3.05, 3.63) is 0 Å². The van der Waals surface area contributed by atoms with Crippen LogP contribution in [0.5, 0.6) is 0 Å². The van der Waals surface area contributed by atoms with Crippen LogP contribution in [0.3, 0.4) is 0 Å². The summed E-state index contributed by atoms with van der Waals surface area (Å²) in [5.41, 5.74) is 0. The van der Waals surface area contributed by atoms with Gasteiger partial charge in [-0.2, -0.15) is 0 Å². The molecule has 0 bridgehead atoms. The fourth-order valence-corrected chi connectivity index (χ4v) is 0.729. The molecule has 0 saturated carbocycles. The van der Waals surface area contributed by atoms with E-state index in [0.717, 1.165) is 13.0 Å². The largest absolute Gasteiger partial charge is 0.347 e. The molecular weight excluding hydrogens is 229 g/mol. The summed E-state index contributed by atoms with van der Waals surface area (Å²) < 4.78 is 0.0354. The van der Waals surface area contributed by atoms with E-state index in [2.05, 4.69) is 19.2 Å². The second-order valence-electron chi connectivity index (χ2n) is 2.38. The molecule has 0 aliphatic carbocycles. The van der Waals surface area contributed by atoms with Gasteiger partial charge in [-0.05, 0) is 12.3 Å². The van der Waals surface area contributed by atoms with Gasteiger partial charge < -0.3 is 5.32 Å². The molecular formula is C6H12INO. The second-order valence-corrected chi connectivity index (χ2v) is 3.36. The predicted molar refractivity (Wildman–Crippen MR) is 46.9 cm³/mol. The standard InChI is InChI=1S/C6H12INO/c1-5(2)3-4-8-6(7)9/h5H,3-4H2,1-2H3,(H,8,9). The molecule has 0 fully saturated rings. The van der Waals surface area contributed by atoms with E-state index < -0.39 is 0 Å². The Bertz CT molecular complexity index is 93.1. The van der Waals surface area contributed by atoms with Crippen molar-refractivity contribution in [3.8, 4) is 0 Å². The van der Waals surface area contributed by atoms with Gasteiger partial charge in [0.1, 0.15) is 0 Å². The van der Waals surface area contributed by atoms with E-state index in [1.54, 1.807) is 22.6 Å². The van der Waals surface area contributed by atoms with Crippen molar-refractivity contribution < 1.29 is 4.79 Å². The van der Waals surface area contributed by atoms with Crippen LogP contribution in [0.4, 0.5) is 4.79 Å². The monoisotopic (exact) mass is 241 g/mol. The molecule has 2 nitrogen and oxygen atoms in total. The summed E-state index contributed by atoms with van der Waals surface area (Å²) in [5, 5.41) is 2.72. The van der Waals surface area contributed by atoms with Crippen LogP contribution < -0.4 is 5.32 Å². The third-order valence-electron chi connectivity index (χ3n) is 0.986. The lowest BCUT2D eigenvalue weighted by molar-refractivity contribution is 0.262. The number of hydrogen-bond donors (Lipinski definition) is 1. The van der Waals surface area contributed by atoms with Crippen LogP contribution in [0.25, 0.3) is 0 Å². The first kappa shape index (κ1) is 9.20. The molecule has 3 heteroatoms. The van der Waals surface area contributed by atoms with Gasteiger partial charge in [0.15, 0.2) is 0 Å². The Kier molecular flexibility index (Phi) is 5.13. The van der Waals surface area contributed by atoms with Gasteiger partial charge in [0.05, 0.1) is 0 Å². The van der Waals surface area contributed by atoms with Gasteiger partial charge in [-0.3, -0.25) is 4.79 Å². The number of amides is 1. The summed E-state index contributed by atoms with van der Waals surface area (Å²) in [6.07, 6.45) is 1.06. The first-order valence-electron chi connectivity index (χ1n) is 3.06. The van der Waals surface area contributed by atoms with Gasteiger partial charge in [-0.25, -0.2) is 0 Å². The Labute approximate surface area is 69.5 Å². The molecule has 0 atom stereocenters. The molecule has 0 heterocycles. The Morgan fingerprint density at radius 1 is 1.67 bits per heavy atom. The summed E-state index contributed by atoms with van der Waals surface area (Å²) in [6.45, 7) is 5.08. The minimum absolute atomic E-state index is 0.0354. The van der Waals surface area contributed by atoms with E-state index in [4.69, 9.17) is 0 Å². The molecule has 0 spiro atoms. The Hall–Kier alpha value is 0.200. The molecule has 0 aliphatic heterocycles. The van der Waals surface area contributed by atoms with Gasteiger partial charge in [-0.1, -0.05) is 13.8 Å². The van der Waals surface area contributed by atoms with Gasteiger partial charge >= 0.3 is 0 Å². The quantitative estimate of drug-likeness (QED) is 0.458. The fraction of sp³-hybridized carbons (Fsp3) is 0.833. The summed E-state index contributed by atoms with van der Waals surface area (Å²) in [7, 11) is 0. The SMILES string of the molecule is CC(C)CCNC(=O)I. The Morgan fingerprint density at radius 3 is 2.56 bits per heavy atom. The number of nitrogens with one attached hydrogen (secondary N) is 1. The first-order chi connectivity index (χ1) is 4.13. The van der Waals surface area contributed by atoms with Crippen LogP contribution in [0.2, 0.25) is 0 Å². The maximum atomic E-state index is 10.3. The van der Waals surface area contributed by atoms with E-state index in [0.29, 0.717) is 5.92 Å². The predicted octanol–water partition coefficient (Wildman–Crippen LogP) is 2.18. The molecule has 0 radical (unpaired) electrons. The summed E-state index contributed by atoms with van der Waals surface area (Å²) in [6, 6.07) is 0. The summed E-state index contributed by atoms with van der Waals surface area (Å²) in [5.74, 6) is 0.674. The topological polar surface area (TPSA) is 29.1 Å². The van der Waals surface area contributed by atoms with Crippen LogP contribution in [0.1, 0.15) is 20.3 Å². The number of carbonyl (C=O) groups is 1. The van der Waals surface area contributed by atoms with Crippen molar-refractivity contribution in [1.82, 2.24) is 5.32 Å². The van der Waals surface area contributed by atoms with Gasteiger partial charge in [0, 0.05) is 29.1 Å². The van der Waals surface area contributed by atoms with E-state index in [-0.39, 0.29) is 3.91 Å². The van der Waals surface area contributed by atoms with Gasteiger partial charge in [0.25, 0.3) is 3.91 Å². The van der Waals surface area contributed by atoms with Gasteiger partial charge in [-0.15, -0.1) is 0 Å². The van der Waals surface area contributed by atoms with E-state index in [9.17, 15) is 4.79 Å². The highest BCUT2D eigenvalue weighted by Gasteiger charge is 1.94. The maximum Gasteiger partial charge on any atom is 0.280 e. The molecule has 0 unspecified atom stereocenters. The molecule has 1 amide bonds. The molecule has 9 heavy (non-hydrogen) atoms. The molecule has 1 N–H and O–H groups in total. The average Bonchev–Trinajstić information content (AvgIpc) is 1.63. The lowest BCUT2D eigenvalue weighted by Gasteiger charge is -2.02. The molecule has 0 aromatic carbocycles. The van der Waals surface area contributed by atoms with Crippen LogP contribution in [0, 0.1) is 5.92 Å². The zero-order valence-electron chi connectivity index (χ0n) is 5.78. The van der Waals surface area contributed by atoms with Crippen molar-refractivity contribution in [2.75, 3.05) is 6.54 Å². The van der Waals surface area contributed by atoms with E-state index in [1.165, 1.54) is 0 Å². The highest BCUT2D eigenvalue weighted by molar-refractivity contribution is 14.1. The van der Waals surface area contributed by atoms with Crippen molar-refractivity contribution in [2.45, 2.75) is 20.3 Å². The molecule has 0 aliphatic rings. The smallest absolute Gasteiger partial charge is 0.280 e. The highest BCUT2D eigenvalue weighted by Crippen LogP contribution is 1.96. The zero-order chi connectivity index (χ0) is 7.28. The first-order valence-corrected chi connectivity index (χ1v) is 4.14. The lowest BCUT2D eigenvalue weighted by Crippen LogP contribution is -2.18. The Balaban J connectivity index is 3.01. The van der Waals surface area contributed by atoms with Crippen molar-refractivity contribution in [3.63, 3.8) is 0 Å². The van der Waals surface area contributed by atoms with Crippen molar-refractivity contribution in [1.29, 1.82) is 0 Å². The zero-order valence-corrected chi connectivity index (χ0v) is 7.94. The van der Waals surface area contributed by atoms with Crippen LogP contribution >= 0.6 is 22.6 Å². The second kappa shape index (κ2) is 5.02. The van der Waals surface area contributed by atoms with Crippen molar-refractivity contribution >= 4 is 26.5 Å². The third kappa shape index (κ3) is 8.20. The summed E-state index contributed by atoms with van der Waals surface area (Å²) >= 11 is 1.74. The minimum Gasteiger partial charge on any atom is -0.347 e. The molecule has 54 valence electrons. The number of halogens is 1.